The summed E-state index contributed by atoms with van der Waals surface area (Å²) in [6.45, 7) is 6.94. The first-order valence-corrected chi connectivity index (χ1v) is 21.6. The summed E-state index contributed by atoms with van der Waals surface area (Å²) in [5.41, 5.74) is 1.89. The molecule has 6 heterocycles. The van der Waals surface area contributed by atoms with E-state index in [1.54, 1.807) is 63.1 Å². The van der Waals surface area contributed by atoms with Crippen LogP contribution in [0.2, 0.25) is 0 Å². The summed E-state index contributed by atoms with van der Waals surface area (Å²) in [6.07, 6.45) is -0.0124. The SMILES string of the molecule is CC[C@@]1(OC(=O)[C@@H](NC(=O)[C@H](Cc2cnc[nH]2)NC(=S)Nc2ccc(OC3O[C@@H](C)[C@H](O)[C@@H](OC)[C@@H]3O)cc2)C(C)C)C(=O)OCC2C(=O)N3Cc4cc5ccccc5nc4C3C=C21.Cl.Cl. The number of rotatable bonds is 13. The highest BCUT2D eigenvalue weighted by molar-refractivity contribution is 7.80. The van der Waals surface area contributed by atoms with Gasteiger partial charge in [-0.1, -0.05) is 45.0 Å². The summed E-state index contributed by atoms with van der Waals surface area (Å²) in [5, 5.41) is 30.9. The van der Waals surface area contributed by atoms with Crippen LogP contribution in [0.5, 0.6) is 5.75 Å². The molecule has 0 radical (unpaired) electrons. The molecule has 66 heavy (non-hydrogen) atoms. The van der Waals surface area contributed by atoms with Crippen LogP contribution in [-0.4, -0.2) is 121 Å². The number of aliphatic hydroxyl groups is 2. The highest BCUT2D eigenvalue weighted by Crippen LogP contribution is 2.47. The van der Waals surface area contributed by atoms with E-state index in [1.165, 1.54) is 13.4 Å². The molecule has 2 aromatic heterocycles. The quantitative estimate of drug-likeness (QED) is 0.0638. The van der Waals surface area contributed by atoms with Crippen LogP contribution in [0.15, 0.2) is 78.8 Å². The van der Waals surface area contributed by atoms with E-state index < -0.39 is 84.1 Å². The van der Waals surface area contributed by atoms with Crippen molar-refractivity contribution in [3.63, 3.8) is 0 Å². The summed E-state index contributed by atoms with van der Waals surface area (Å²) < 4.78 is 28.6. The first-order valence-electron chi connectivity index (χ1n) is 21.2. The molecule has 4 aliphatic heterocycles. The van der Waals surface area contributed by atoms with Gasteiger partial charge in [0.2, 0.25) is 23.7 Å². The Morgan fingerprint density at radius 1 is 1.08 bits per heavy atom. The number of carbonyl (C=O) groups excluding carboxylic acids is 4. The lowest BCUT2D eigenvalue weighted by molar-refractivity contribution is -0.272. The number of pyridine rings is 1. The van der Waals surface area contributed by atoms with Gasteiger partial charge in [0.1, 0.15) is 42.8 Å². The first kappa shape index (κ1) is 50.0. The Hall–Kier alpha value is -5.41. The van der Waals surface area contributed by atoms with Crippen molar-refractivity contribution < 1.29 is 53.1 Å². The van der Waals surface area contributed by atoms with Gasteiger partial charge in [0.15, 0.2) is 5.11 Å². The predicted molar refractivity (Wildman–Crippen MR) is 248 cm³/mol. The number of aromatic amines is 1. The monoisotopic (exact) mass is 969 g/mol. The Balaban J connectivity index is 0.00000360. The van der Waals surface area contributed by atoms with E-state index in [4.69, 9.17) is 40.9 Å². The summed E-state index contributed by atoms with van der Waals surface area (Å²) >= 11 is 5.63. The highest BCUT2D eigenvalue weighted by atomic mass is 35.5. The average Bonchev–Trinajstić information content (AvgIpc) is 3.93. The number of cyclic esters (lactones) is 1. The number of anilines is 1. The number of nitrogens with one attached hydrogen (secondary N) is 4. The van der Waals surface area contributed by atoms with E-state index in [-0.39, 0.29) is 55.3 Å². The zero-order valence-corrected chi connectivity index (χ0v) is 39.1. The van der Waals surface area contributed by atoms with Gasteiger partial charge in [0.25, 0.3) is 0 Å². The Kier molecular flexibility index (Phi) is 15.6. The Morgan fingerprint density at radius 2 is 1.82 bits per heavy atom. The molecule has 2 amide bonds. The first-order chi connectivity index (χ1) is 30.7. The van der Waals surface area contributed by atoms with Crippen LogP contribution in [0.3, 0.4) is 0 Å². The minimum atomic E-state index is -1.94. The highest BCUT2D eigenvalue weighted by Gasteiger charge is 2.58. The lowest BCUT2D eigenvalue weighted by atomic mass is 9.76. The Morgan fingerprint density at radius 3 is 2.50 bits per heavy atom. The topological polar surface area (TPSA) is 236 Å². The second-order valence-corrected chi connectivity index (χ2v) is 17.1. The van der Waals surface area contributed by atoms with Crippen LogP contribution >= 0.6 is 37.0 Å². The van der Waals surface area contributed by atoms with Gasteiger partial charge in [0, 0.05) is 43.0 Å². The minimum Gasteiger partial charge on any atom is -0.462 e. The molecule has 0 bridgehead atoms. The molecule has 0 aliphatic carbocycles. The molecule has 8 rings (SSSR count). The molecule has 6 N–H and O–H groups in total. The van der Waals surface area contributed by atoms with Gasteiger partial charge in [-0.05, 0) is 79.0 Å². The number of hydrogen-bond donors (Lipinski definition) is 6. The number of aromatic nitrogens is 3. The third-order valence-corrected chi connectivity index (χ3v) is 12.5. The lowest BCUT2D eigenvalue weighted by Gasteiger charge is -2.44. The molecule has 2 aromatic carbocycles. The van der Waals surface area contributed by atoms with Gasteiger partial charge in [0.05, 0.1) is 35.6 Å². The number of nitrogens with zero attached hydrogens (tertiary/aromatic N) is 3. The van der Waals surface area contributed by atoms with Crippen molar-refractivity contribution in [1.29, 1.82) is 0 Å². The van der Waals surface area contributed by atoms with Gasteiger partial charge < -0.3 is 59.7 Å². The number of hydrogen-bond acceptors (Lipinski definition) is 14. The van der Waals surface area contributed by atoms with Gasteiger partial charge in [-0.2, -0.15) is 0 Å². The summed E-state index contributed by atoms with van der Waals surface area (Å²) in [6, 6.07) is 13.4. The molecule has 0 saturated carbocycles. The number of esters is 2. The fourth-order valence-electron chi connectivity index (χ4n) is 8.74. The lowest BCUT2D eigenvalue weighted by Crippen LogP contribution is -2.60. The van der Waals surface area contributed by atoms with Crippen LogP contribution in [0.4, 0.5) is 5.69 Å². The second kappa shape index (κ2) is 20.6. The number of ether oxygens (including phenoxy) is 5. The molecule has 18 nitrogen and oxygen atoms in total. The summed E-state index contributed by atoms with van der Waals surface area (Å²) in [7, 11) is 1.39. The number of thiocarbonyl (C=S) groups is 1. The molecule has 3 unspecified atom stereocenters. The zero-order chi connectivity index (χ0) is 45.4. The average molecular weight is 971 g/mol. The van der Waals surface area contributed by atoms with Crippen LogP contribution in [-0.2, 0) is 51.1 Å². The molecular formula is C45H53Cl2N7O11S. The number of carbonyl (C=O) groups is 4. The van der Waals surface area contributed by atoms with Crippen LogP contribution in [0, 0.1) is 11.8 Å². The van der Waals surface area contributed by atoms with Gasteiger partial charge >= 0.3 is 11.9 Å². The van der Waals surface area contributed by atoms with Crippen molar-refractivity contribution in [1.82, 2.24) is 30.5 Å². The smallest absolute Gasteiger partial charge is 0.355 e. The third kappa shape index (κ3) is 9.69. The Labute approximate surface area is 398 Å². The zero-order valence-electron chi connectivity index (χ0n) is 36.7. The van der Waals surface area contributed by atoms with Crippen LogP contribution in [0.1, 0.15) is 57.1 Å². The normalized spacial score (nSPS) is 26.2. The molecule has 10 atom stereocenters. The minimum absolute atomic E-state index is 0. The number of benzene rings is 2. The summed E-state index contributed by atoms with van der Waals surface area (Å²) in [5.74, 6) is -3.56. The molecule has 4 aromatic rings. The van der Waals surface area contributed by atoms with E-state index in [0.717, 1.165) is 16.5 Å². The predicted octanol–water partition coefficient (Wildman–Crippen LogP) is 3.59. The van der Waals surface area contributed by atoms with E-state index in [9.17, 15) is 29.4 Å². The molecule has 354 valence electrons. The van der Waals surface area contributed by atoms with E-state index in [2.05, 4.69) is 25.9 Å². The molecule has 21 heteroatoms. The number of para-hydroxylation sites is 1. The number of methoxy groups -OCH3 is 1. The molecular weight excluding hydrogens is 918 g/mol. The van der Waals surface area contributed by atoms with Crippen LogP contribution in [0.25, 0.3) is 10.9 Å². The fourth-order valence-corrected chi connectivity index (χ4v) is 9.00. The number of halogens is 2. The maximum Gasteiger partial charge on any atom is 0.355 e. The maximum absolute atomic E-state index is 14.4. The fraction of sp³-hybridized carbons (Fsp3) is 0.444. The molecule has 4 aliphatic rings. The van der Waals surface area contributed by atoms with E-state index in [1.807, 2.05) is 36.4 Å². The van der Waals surface area contributed by atoms with Crippen molar-refractivity contribution in [3.8, 4) is 5.75 Å². The number of fused-ring (bicyclic) bond motifs is 5. The second-order valence-electron chi connectivity index (χ2n) is 16.7. The number of imidazole rings is 1. The number of H-pyrrole nitrogens is 1. The van der Waals surface area contributed by atoms with Gasteiger partial charge in [-0.25, -0.2) is 19.6 Å². The van der Waals surface area contributed by atoms with Crippen molar-refractivity contribution in [2.75, 3.05) is 19.0 Å². The number of amides is 2. The van der Waals surface area contributed by atoms with Crippen molar-refractivity contribution in [3.05, 3.63) is 95.7 Å². The largest absolute Gasteiger partial charge is 0.462 e. The third-order valence-electron chi connectivity index (χ3n) is 12.3. The Bertz CT molecular complexity index is 2460. The molecule has 2 fully saturated rings. The number of aliphatic hydroxyl groups excluding tert-OH is 2. The van der Waals surface area contributed by atoms with E-state index >= 15 is 0 Å². The maximum atomic E-state index is 14.4. The van der Waals surface area contributed by atoms with Crippen molar-refractivity contribution in [2.45, 2.75) is 102 Å². The van der Waals surface area contributed by atoms with Crippen molar-refractivity contribution in [2.24, 2.45) is 11.8 Å². The van der Waals surface area contributed by atoms with E-state index in [0.29, 0.717) is 34.9 Å². The molecule has 0 spiro atoms. The van der Waals surface area contributed by atoms with Gasteiger partial charge in [-0.3, -0.25) is 9.59 Å². The summed E-state index contributed by atoms with van der Waals surface area (Å²) in [4.78, 5) is 70.2. The van der Waals surface area contributed by atoms with Crippen molar-refractivity contribution >= 4 is 82.5 Å². The van der Waals surface area contributed by atoms with Crippen LogP contribution < -0.4 is 20.7 Å². The molecule has 2 saturated heterocycles. The standard InChI is InChI=1S/C45H51N7O11S.2ClH/c1-6-45(30-17-33-35-25(15-24-9-7-8-10-31(24)49-35)19-52(33)40(56)29(30)20-60-43(45)58)63-41(57)34(22(2)3)51-39(55)32(16-27-18-46-21-47-27)50-44(64)48-26-11-13-28(14-12-26)62-42-37(54)38(59-5)36(53)23(4)61-42;;/h7-15,17-18,21-23,29,32-34,36-38,42,53-54H,6,16,19-20H2,1-5H3,(H,46,47)(H,51,55)(H2,48,50,64);2*1H/t23-,29?,32-,33?,34-,36-,37-,38+,42?,45-;;/m0../s1. The van der Waals surface area contributed by atoms with Gasteiger partial charge in [-0.15, -0.1) is 24.8 Å².